The molecule has 1 aromatic carbocycles. The van der Waals surface area contributed by atoms with Gasteiger partial charge in [0.2, 0.25) is 0 Å². The molecule has 138 valence electrons. The number of para-hydroxylation sites is 1. The van der Waals surface area contributed by atoms with E-state index in [1.807, 2.05) is 0 Å². The molecule has 0 radical (unpaired) electrons. The van der Waals surface area contributed by atoms with Crippen LogP contribution in [0.25, 0.3) is 0 Å². The molecule has 1 aliphatic heterocycles. The van der Waals surface area contributed by atoms with Gasteiger partial charge < -0.3 is 20.1 Å². The Morgan fingerprint density at radius 3 is 2.58 bits per heavy atom. The highest BCUT2D eigenvalue weighted by molar-refractivity contribution is 5.96. The summed E-state index contributed by atoms with van der Waals surface area (Å²) in [6, 6.07) is 4.09. The molecular weight excluding hydrogens is 346 g/mol. The van der Waals surface area contributed by atoms with Gasteiger partial charge in [-0.3, -0.25) is 10.1 Å². The second-order valence-corrected chi connectivity index (χ2v) is 5.28. The summed E-state index contributed by atoms with van der Waals surface area (Å²) < 4.78 is 10.0. The van der Waals surface area contributed by atoms with Crippen LogP contribution in [0.15, 0.2) is 35.5 Å². The highest BCUT2D eigenvalue weighted by Crippen LogP contribution is 2.20. The van der Waals surface area contributed by atoms with E-state index < -0.39 is 41.2 Å². The quantitative estimate of drug-likeness (QED) is 0.441. The van der Waals surface area contributed by atoms with Gasteiger partial charge in [0, 0.05) is 6.07 Å². The largest absolute Gasteiger partial charge is 0.463 e. The molecule has 1 aliphatic rings. The molecule has 1 atom stereocenters. The molecular formula is C16H17N3O7. The van der Waals surface area contributed by atoms with Gasteiger partial charge in [-0.25, -0.2) is 14.4 Å². The predicted octanol–water partition coefficient (Wildman–Crippen LogP) is 1.27. The van der Waals surface area contributed by atoms with Crippen LogP contribution < -0.4 is 10.6 Å². The van der Waals surface area contributed by atoms with Crippen LogP contribution in [0.4, 0.5) is 10.5 Å². The third-order valence-corrected chi connectivity index (χ3v) is 3.53. The van der Waals surface area contributed by atoms with Crippen LogP contribution in [0.3, 0.4) is 0 Å². The molecule has 0 aromatic heterocycles. The number of benzene rings is 1. The van der Waals surface area contributed by atoms with Gasteiger partial charge in [0.15, 0.2) is 0 Å². The van der Waals surface area contributed by atoms with E-state index >= 15 is 0 Å². The van der Waals surface area contributed by atoms with Gasteiger partial charge in [0.1, 0.15) is 12.2 Å². The number of carbonyl (C=O) groups excluding carboxylic acids is 3. The van der Waals surface area contributed by atoms with Crippen molar-refractivity contribution in [2.45, 2.75) is 19.9 Å². The number of nitro groups is 1. The minimum absolute atomic E-state index is 0.0617. The Kier molecular flexibility index (Phi) is 5.89. The molecule has 0 saturated carbocycles. The Morgan fingerprint density at radius 2 is 1.92 bits per heavy atom. The summed E-state index contributed by atoms with van der Waals surface area (Å²) in [4.78, 5) is 46.2. The average molecular weight is 363 g/mol. The van der Waals surface area contributed by atoms with E-state index in [2.05, 4.69) is 10.6 Å². The van der Waals surface area contributed by atoms with Crippen molar-refractivity contribution in [2.75, 3.05) is 13.2 Å². The van der Waals surface area contributed by atoms with Crippen molar-refractivity contribution in [2.24, 2.45) is 0 Å². The van der Waals surface area contributed by atoms with E-state index in [1.54, 1.807) is 13.8 Å². The molecule has 2 rings (SSSR count). The summed E-state index contributed by atoms with van der Waals surface area (Å²) in [7, 11) is 0. The first-order valence-electron chi connectivity index (χ1n) is 7.73. The molecule has 2 amide bonds. The van der Waals surface area contributed by atoms with Gasteiger partial charge in [-0.05, 0) is 19.9 Å². The van der Waals surface area contributed by atoms with Gasteiger partial charge >= 0.3 is 18.0 Å². The Hall–Kier alpha value is -3.43. The Bertz CT molecular complexity index is 788. The van der Waals surface area contributed by atoms with Gasteiger partial charge in [-0.2, -0.15) is 0 Å². The lowest BCUT2D eigenvalue weighted by Gasteiger charge is -2.26. The Balaban J connectivity index is 2.23. The van der Waals surface area contributed by atoms with Crippen molar-refractivity contribution in [3.8, 4) is 0 Å². The summed E-state index contributed by atoms with van der Waals surface area (Å²) in [5, 5.41) is 15.9. The van der Waals surface area contributed by atoms with E-state index in [1.165, 1.54) is 24.3 Å². The van der Waals surface area contributed by atoms with Gasteiger partial charge in [-0.1, -0.05) is 12.1 Å². The molecule has 0 aliphatic carbocycles. The standard InChI is InChI=1S/C16H17N3O7/c1-3-25-15(21)13-9(2)17-16(22)18-11(13)8-26-14(20)10-6-4-5-7-12(10)19(23)24/h4-7,9H,3,8H2,1-2H3,(H2,17,18,22)/t9-/m1/s1. The van der Waals surface area contributed by atoms with Crippen LogP contribution in [0, 0.1) is 10.1 Å². The number of carbonyl (C=O) groups is 3. The lowest BCUT2D eigenvalue weighted by atomic mass is 10.0. The molecule has 26 heavy (non-hydrogen) atoms. The molecule has 0 saturated heterocycles. The zero-order chi connectivity index (χ0) is 19.3. The Labute approximate surface area is 148 Å². The van der Waals surface area contributed by atoms with Crippen LogP contribution >= 0.6 is 0 Å². The number of nitrogens with zero attached hydrogens (tertiary/aromatic N) is 1. The highest BCUT2D eigenvalue weighted by atomic mass is 16.6. The molecule has 0 bridgehead atoms. The molecule has 10 nitrogen and oxygen atoms in total. The SMILES string of the molecule is CCOC(=O)C1=C(COC(=O)c2ccccc2[N+](=O)[O-])NC(=O)N[C@@H]1C. The number of esters is 2. The Morgan fingerprint density at radius 1 is 1.23 bits per heavy atom. The normalized spacial score (nSPS) is 16.4. The second kappa shape index (κ2) is 8.10. The average Bonchev–Trinajstić information content (AvgIpc) is 2.59. The predicted molar refractivity (Wildman–Crippen MR) is 88.2 cm³/mol. The summed E-state index contributed by atoms with van der Waals surface area (Å²) in [5.41, 5.74) is -0.461. The molecule has 0 unspecified atom stereocenters. The van der Waals surface area contributed by atoms with E-state index in [0.717, 1.165) is 0 Å². The smallest absolute Gasteiger partial charge is 0.345 e. The maximum absolute atomic E-state index is 12.2. The zero-order valence-corrected chi connectivity index (χ0v) is 14.1. The summed E-state index contributed by atoms with van der Waals surface area (Å²) in [5.74, 6) is -1.61. The van der Waals surface area contributed by atoms with Crippen molar-refractivity contribution in [3.05, 3.63) is 51.2 Å². The van der Waals surface area contributed by atoms with Crippen LogP contribution in [-0.2, 0) is 14.3 Å². The van der Waals surface area contributed by atoms with Crippen molar-refractivity contribution in [3.63, 3.8) is 0 Å². The fourth-order valence-electron chi connectivity index (χ4n) is 2.41. The van der Waals surface area contributed by atoms with Gasteiger partial charge in [0.25, 0.3) is 5.69 Å². The van der Waals surface area contributed by atoms with Gasteiger partial charge in [0.05, 0.1) is 28.8 Å². The molecule has 10 heteroatoms. The van der Waals surface area contributed by atoms with Crippen LogP contribution in [0.1, 0.15) is 24.2 Å². The molecule has 0 spiro atoms. The van der Waals surface area contributed by atoms with Gasteiger partial charge in [-0.15, -0.1) is 0 Å². The number of amides is 2. The summed E-state index contributed by atoms with van der Waals surface area (Å²) in [6.07, 6.45) is 0. The number of ether oxygens (including phenoxy) is 2. The fraction of sp³-hybridized carbons (Fsp3) is 0.312. The minimum Gasteiger partial charge on any atom is -0.463 e. The van der Waals surface area contributed by atoms with Crippen molar-refractivity contribution >= 4 is 23.7 Å². The van der Waals surface area contributed by atoms with Crippen molar-refractivity contribution in [1.82, 2.24) is 10.6 Å². The third-order valence-electron chi connectivity index (χ3n) is 3.53. The van der Waals surface area contributed by atoms with Crippen LogP contribution in [0.5, 0.6) is 0 Å². The highest BCUT2D eigenvalue weighted by Gasteiger charge is 2.30. The fourth-order valence-corrected chi connectivity index (χ4v) is 2.41. The molecule has 2 N–H and O–H groups in total. The first-order valence-corrected chi connectivity index (χ1v) is 7.73. The number of rotatable bonds is 6. The number of urea groups is 1. The van der Waals surface area contributed by atoms with E-state index in [0.29, 0.717) is 0 Å². The van der Waals surface area contributed by atoms with Crippen molar-refractivity contribution in [1.29, 1.82) is 0 Å². The zero-order valence-electron chi connectivity index (χ0n) is 14.1. The topological polar surface area (TPSA) is 137 Å². The molecule has 1 aromatic rings. The summed E-state index contributed by atoms with van der Waals surface area (Å²) >= 11 is 0. The number of hydrogen-bond donors (Lipinski definition) is 2. The number of nitro benzene ring substituents is 1. The lowest BCUT2D eigenvalue weighted by molar-refractivity contribution is -0.385. The number of nitrogens with one attached hydrogen (secondary N) is 2. The first-order chi connectivity index (χ1) is 12.3. The minimum atomic E-state index is -0.951. The maximum Gasteiger partial charge on any atom is 0.345 e. The maximum atomic E-state index is 12.2. The van der Waals surface area contributed by atoms with E-state index in [9.17, 15) is 24.5 Å². The lowest BCUT2D eigenvalue weighted by Crippen LogP contribution is -2.50. The molecule has 0 fully saturated rings. The van der Waals surface area contributed by atoms with E-state index in [4.69, 9.17) is 9.47 Å². The molecule has 1 heterocycles. The van der Waals surface area contributed by atoms with Crippen LogP contribution in [-0.4, -0.2) is 42.1 Å². The second-order valence-electron chi connectivity index (χ2n) is 5.28. The van der Waals surface area contributed by atoms with Crippen LogP contribution in [0.2, 0.25) is 0 Å². The van der Waals surface area contributed by atoms with E-state index in [-0.39, 0.29) is 23.4 Å². The summed E-state index contributed by atoms with van der Waals surface area (Å²) in [6.45, 7) is 2.89. The number of hydrogen-bond acceptors (Lipinski definition) is 7. The first kappa shape index (κ1) is 18.9. The van der Waals surface area contributed by atoms with Crippen molar-refractivity contribution < 1.29 is 28.8 Å². The third kappa shape index (κ3) is 4.15. The monoisotopic (exact) mass is 363 g/mol.